The number of nitrogens with zero attached hydrogens (tertiary/aromatic N) is 1. The molecule has 158 valence electrons. The van der Waals surface area contributed by atoms with E-state index in [2.05, 4.69) is 10.3 Å². The van der Waals surface area contributed by atoms with E-state index in [-0.39, 0.29) is 18.7 Å². The van der Waals surface area contributed by atoms with Crippen LogP contribution in [0, 0.1) is 6.92 Å². The number of fused-ring (bicyclic) bond motifs is 2. The first kappa shape index (κ1) is 19.8. The van der Waals surface area contributed by atoms with Gasteiger partial charge in [-0.3, -0.25) is 4.79 Å². The zero-order valence-electron chi connectivity index (χ0n) is 17.4. The number of nitrogens with one attached hydrogen (secondary N) is 1. The van der Waals surface area contributed by atoms with Crippen molar-refractivity contribution in [1.29, 1.82) is 0 Å². The summed E-state index contributed by atoms with van der Waals surface area (Å²) < 4.78 is 11.3. The maximum atomic E-state index is 12.6. The van der Waals surface area contributed by atoms with Gasteiger partial charge in [-0.2, -0.15) is 0 Å². The molecule has 0 saturated carbocycles. The minimum Gasteiger partial charge on any atom is -0.464 e. The van der Waals surface area contributed by atoms with Gasteiger partial charge < -0.3 is 14.2 Å². The lowest BCUT2D eigenvalue weighted by Gasteiger charge is -2.09. The van der Waals surface area contributed by atoms with Crippen LogP contribution in [0.1, 0.15) is 17.5 Å². The van der Waals surface area contributed by atoms with Gasteiger partial charge in [0.2, 0.25) is 5.91 Å². The number of amides is 1. The highest BCUT2D eigenvalue weighted by Gasteiger charge is 2.16. The van der Waals surface area contributed by atoms with Crippen molar-refractivity contribution in [2.24, 2.45) is 0 Å². The lowest BCUT2D eigenvalue weighted by atomic mass is 9.99. The van der Waals surface area contributed by atoms with Crippen LogP contribution in [0.5, 0.6) is 0 Å². The van der Waals surface area contributed by atoms with Gasteiger partial charge in [0.25, 0.3) is 0 Å². The number of rotatable bonds is 5. The summed E-state index contributed by atoms with van der Waals surface area (Å²) in [6, 6.07) is 19.0. The van der Waals surface area contributed by atoms with Gasteiger partial charge in [-0.1, -0.05) is 36.4 Å². The Labute approximate surface area is 183 Å². The third kappa shape index (κ3) is 3.67. The first-order valence-electron chi connectivity index (χ1n) is 10.3. The Morgan fingerprint density at radius 1 is 1.00 bits per heavy atom. The Morgan fingerprint density at radius 3 is 2.59 bits per heavy atom. The fourth-order valence-corrected chi connectivity index (χ4v) is 3.92. The quantitative estimate of drug-likeness (QED) is 0.378. The summed E-state index contributed by atoms with van der Waals surface area (Å²) in [5.74, 6) is 0.273. The third-order valence-corrected chi connectivity index (χ3v) is 5.60. The molecule has 3 aromatic heterocycles. The predicted octanol–water partition coefficient (Wildman–Crippen LogP) is 5.48. The van der Waals surface area contributed by atoms with Crippen molar-refractivity contribution in [2.75, 3.05) is 5.32 Å². The van der Waals surface area contributed by atoms with Crippen molar-refractivity contribution in [1.82, 2.24) is 4.98 Å². The van der Waals surface area contributed by atoms with Gasteiger partial charge in [-0.25, -0.2) is 9.78 Å². The molecule has 0 fully saturated rings. The molecule has 0 unspecified atom stereocenters. The molecule has 0 aliphatic rings. The van der Waals surface area contributed by atoms with Crippen LogP contribution in [-0.4, -0.2) is 10.9 Å². The second-order valence-corrected chi connectivity index (χ2v) is 7.62. The van der Waals surface area contributed by atoms with E-state index in [1.54, 1.807) is 36.7 Å². The number of carbonyl (C=O) groups excluding carboxylic acids is 1. The minimum absolute atomic E-state index is 0.150. The van der Waals surface area contributed by atoms with Crippen molar-refractivity contribution in [3.05, 3.63) is 94.7 Å². The van der Waals surface area contributed by atoms with Crippen LogP contribution in [0.25, 0.3) is 33.1 Å². The molecule has 0 spiro atoms. The number of aromatic nitrogens is 1. The van der Waals surface area contributed by atoms with Crippen LogP contribution < -0.4 is 10.9 Å². The second kappa shape index (κ2) is 8.15. The Morgan fingerprint density at radius 2 is 1.81 bits per heavy atom. The molecule has 0 atom stereocenters. The molecular formula is C26H20N2O4. The van der Waals surface area contributed by atoms with E-state index < -0.39 is 5.63 Å². The van der Waals surface area contributed by atoms with Gasteiger partial charge in [0.15, 0.2) is 0 Å². The lowest BCUT2D eigenvalue weighted by Crippen LogP contribution is -2.17. The maximum absolute atomic E-state index is 12.6. The number of carbonyl (C=O) groups is 1. The van der Waals surface area contributed by atoms with Gasteiger partial charge in [0, 0.05) is 40.6 Å². The number of pyridine rings is 1. The number of benzene rings is 2. The van der Waals surface area contributed by atoms with Gasteiger partial charge >= 0.3 is 5.63 Å². The molecule has 1 amide bonds. The third-order valence-electron chi connectivity index (χ3n) is 5.60. The van der Waals surface area contributed by atoms with Gasteiger partial charge in [-0.15, -0.1) is 0 Å². The van der Waals surface area contributed by atoms with E-state index in [4.69, 9.17) is 8.83 Å². The maximum Gasteiger partial charge on any atom is 0.339 e. The standard InChI is InChI=1S/C26H20N2O4/c1-16-18(10-11-25(29)28-24-9-5-6-12-27-24)26(30)32-23-14-22-20(13-19(16)23)21(15-31-22)17-7-3-2-4-8-17/h2-9,12-15H,10-11H2,1H3,(H,27,28,29). The molecule has 0 radical (unpaired) electrons. The van der Waals surface area contributed by atoms with Crippen LogP contribution in [-0.2, 0) is 11.2 Å². The zero-order chi connectivity index (χ0) is 22.1. The van der Waals surface area contributed by atoms with Gasteiger partial charge in [0.1, 0.15) is 17.0 Å². The summed E-state index contributed by atoms with van der Waals surface area (Å²) >= 11 is 0. The van der Waals surface area contributed by atoms with E-state index in [0.29, 0.717) is 22.5 Å². The Hall–Kier alpha value is -4.19. The molecule has 6 heteroatoms. The van der Waals surface area contributed by atoms with E-state index in [9.17, 15) is 9.59 Å². The summed E-state index contributed by atoms with van der Waals surface area (Å²) in [6.07, 6.45) is 3.75. The predicted molar refractivity (Wildman–Crippen MR) is 124 cm³/mol. The number of aryl methyl sites for hydroxylation is 1. The topological polar surface area (TPSA) is 85.3 Å². The molecule has 0 bridgehead atoms. The van der Waals surface area contributed by atoms with Crippen molar-refractivity contribution >= 4 is 33.7 Å². The first-order chi connectivity index (χ1) is 15.6. The van der Waals surface area contributed by atoms with E-state index >= 15 is 0 Å². The molecule has 2 aromatic carbocycles. The monoisotopic (exact) mass is 424 g/mol. The molecule has 5 aromatic rings. The first-order valence-corrected chi connectivity index (χ1v) is 10.3. The van der Waals surface area contributed by atoms with Crippen LogP contribution in [0.15, 0.2) is 86.8 Å². The fraction of sp³-hybridized carbons (Fsp3) is 0.115. The highest BCUT2D eigenvalue weighted by atomic mass is 16.4. The summed E-state index contributed by atoms with van der Waals surface area (Å²) in [5.41, 5.74) is 4.02. The highest BCUT2D eigenvalue weighted by Crippen LogP contribution is 2.34. The second-order valence-electron chi connectivity index (χ2n) is 7.62. The molecule has 6 nitrogen and oxygen atoms in total. The lowest BCUT2D eigenvalue weighted by molar-refractivity contribution is -0.116. The molecular weight excluding hydrogens is 404 g/mol. The molecule has 5 rings (SSSR count). The average molecular weight is 424 g/mol. The summed E-state index contributed by atoms with van der Waals surface area (Å²) in [5, 5.41) is 4.51. The van der Waals surface area contributed by atoms with Crippen molar-refractivity contribution < 1.29 is 13.6 Å². The van der Waals surface area contributed by atoms with Gasteiger partial charge in [-0.05, 0) is 42.7 Å². The molecule has 3 heterocycles. The molecule has 1 N–H and O–H groups in total. The highest BCUT2D eigenvalue weighted by molar-refractivity contribution is 6.02. The molecule has 0 saturated heterocycles. The normalized spacial score (nSPS) is 11.2. The smallest absolute Gasteiger partial charge is 0.339 e. The molecule has 32 heavy (non-hydrogen) atoms. The molecule has 0 aliphatic heterocycles. The fourth-order valence-electron chi connectivity index (χ4n) is 3.92. The van der Waals surface area contributed by atoms with Crippen LogP contribution in [0.2, 0.25) is 0 Å². The molecule has 0 aliphatic carbocycles. The van der Waals surface area contributed by atoms with E-state index in [1.165, 1.54) is 0 Å². The van der Waals surface area contributed by atoms with E-state index in [1.807, 2.05) is 43.3 Å². The zero-order valence-corrected chi connectivity index (χ0v) is 17.4. The Kier molecular flexibility index (Phi) is 5.03. The SMILES string of the molecule is Cc1c(CCC(=O)Nc2ccccn2)c(=O)oc2cc3occ(-c4ccccc4)c3cc12. The minimum atomic E-state index is -0.435. The summed E-state index contributed by atoms with van der Waals surface area (Å²) in [4.78, 5) is 29.0. The Bertz CT molecular complexity index is 1490. The summed E-state index contributed by atoms with van der Waals surface area (Å²) in [7, 11) is 0. The van der Waals surface area contributed by atoms with Crippen LogP contribution >= 0.6 is 0 Å². The van der Waals surface area contributed by atoms with Gasteiger partial charge in [0.05, 0.1) is 6.26 Å². The number of hydrogen-bond acceptors (Lipinski definition) is 5. The summed E-state index contributed by atoms with van der Waals surface area (Å²) in [6.45, 7) is 1.89. The number of hydrogen-bond donors (Lipinski definition) is 1. The van der Waals surface area contributed by atoms with Crippen molar-refractivity contribution in [2.45, 2.75) is 19.8 Å². The Balaban J connectivity index is 1.49. The van der Waals surface area contributed by atoms with Crippen molar-refractivity contribution in [3.8, 4) is 11.1 Å². The van der Waals surface area contributed by atoms with E-state index in [0.717, 1.165) is 27.5 Å². The van der Waals surface area contributed by atoms with Crippen molar-refractivity contribution in [3.63, 3.8) is 0 Å². The van der Waals surface area contributed by atoms with Crippen LogP contribution in [0.3, 0.4) is 0 Å². The number of furan rings is 1. The average Bonchev–Trinajstić information content (AvgIpc) is 3.22. The number of anilines is 1. The largest absolute Gasteiger partial charge is 0.464 e. The van der Waals surface area contributed by atoms with Crippen LogP contribution in [0.4, 0.5) is 5.82 Å².